The molecular formula is C32H45N3O5. The number of rotatable bonds is 11. The van der Waals surface area contributed by atoms with Crippen LogP contribution in [0.25, 0.3) is 0 Å². The fourth-order valence-corrected chi connectivity index (χ4v) is 6.33. The first kappa shape index (κ1) is 29.0. The van der Waals surface area contributed by atoms with Crippen LogP contribution >= 0.6 is 0 Å². The number of nitrogens with zero attached hydrogens (tertiary/aromatic N) is 2. The number of hydrogen-bond donors (Lipinski definition) is 2. The molecule has 0 radical (unpaired) electrons. The highest BCUT2D eigenvalue weighted by Crippen LogP contribution is 2.37. The predicted molar refractivity (Wildman–Crippen MR) is 155 cm³/mol. The summed E-state index contributed by atoms with van der Waals surface area (Å²) in [6, 6.07) is 7.85. The van der Waals surface area contributed by atoms with Crippen LogP contribution in [0.3, 0.4) is 0 Å². The van der Waals surface area contributed by atoms with Crippen molar-refractivity contribution in [3.05, 3.63) is 57.8 Å². The minimum absolute atomic E-state index is 0.0528. The van der Waals surface area contributed by atoms with Crippen LogP contribution in [0.5, 0.6) is 0 Å². The van der Waals surface area contributed by atoms with E-state index < -0.39 is 17.6 Å². The molecule has 0 amide bonds. The molecule has 1 aromatic heterocycles. The molecule has 3 aliphatic rings. The number of carboxylic acid groups (broad SMARTS) is 1. The standard InChI is InChI=1S/C32H45N3O5/c1-21-16-23-20-40-28(32(2,3)38-4)18-26(23)27(17-21)29(31(36)37)35-14-12-25(19-35)39-15-6-5-9-24-11-10-22-8-7-13-33-30(22)34-24/h10-11,16-17,25,28-29H,5-9,12-15,18-20H2,1-4H3,(H,33,34)(H,36,37)/t25-,28+,29?/m1/s1. The molecule has 3 atom stereocenters. The van der Waals surface area contributed by atoms with Gasteiger partial charge in [-0.05, 0) is 87.6 Å². The van der Waals surface area contributed by atoms with Gasteiger partial charge in [0.1, 0.15) is 11.9 Å². The third-order valence-corrected chi connectivity index (χ3v) is 8.85. The molecule has 40 heavy (non-hydrogen) atoms. The van der Waals surface area contributed by atoms with Crippen molar-refractivity contribution in [3.8, 4) is 0 Å². The molecule has 1 aromatic carbocycles. The quantitative estimate of drug-likeness (QED) is 0.383. The van der Waals surface area contributed by atoms with Gasteiger partial charge in [0.25, 0.3) is 0 Å². The number of ether oxygens (including phenoxy) is 3. The number of anilines is 1. The minimum atomic E-state index is -0.811. The molecule has 1 saturated heterocycles. The Kier molecular flexibility index (Phi) is 9.10. The zero-order valence-corrected chi connectivity index (χ0v) is 24.5. The van der Waals surface area contributed by atoms with Crippen LogP contribution in [0.4, 0.5) is 5.82 Å². The van der Waals surface area contributed by atoms with Gasteiger partial charge in [0.2, 0.25) is 0 Å². The second kappa shape index (κ2) is 12.6. The molecule has 4 heterocycles. The summed E-state index contributed by atoms with van der Waals surface area (Å²) in [4.78, 5) is 19.6. The number of likely N-dealkylation sites (tertiary alicyclic amines) is 1. The van der Waals surface area contributed by atoms with Crippen molar-refractivity contribution in [1.82, 2.24) is 9.88 Å². The number of aliphatic carboxylic acids is 1. The molecular weight excluding hydrogens is 506 g/mol. The van der Waals surface area contributed by atoms with E-state index in [2.05, 4.69) is 34.5 Å². The summed E-state index contributed by atoms with van der Waals surface area (Å²) in [7, 11) is 1.70. The van der Waals surface area contributed by atoms with Gasteiger partial charge in [0.05, 0.1) is 24.4 Å². The summed E-state index contributed by atoms with van der Waals surface area (Å²) in [5, 5.41) is 13.8. The fourth-order valence-electron chi connectivity index (χ4n) is 6.33. The van der Waals surface area contributed by atoms with Gasteiger partial charge < -0.3 is 24.6 Å². The molecule has 5 rings (SSSR count). The smallest absolute Gasteiger partial charge is 0.325 e. The first-order valence-electron chi connectivity index (χ1n) is 14.9. The van der Waals surface area contributed by atoms with Crippen LogP contribution in [0.1, 0.15) is 79.1 Å². The molecule has 0 saturated carbocycles. The van der Waals surface area contributed by atoms with E-state index in [1.807, 2.05) is 20.8 Å². The molecule has 2 N–H and O–H groups in total. The second-order valence-electron chi connectivity index (χ2n) is 12.1. The van der Waals surface area contributed by atoms with Crippen molar-refractivity contribution in [2.45, 2.75) is 96.2 Å². The summed E-state index contributed by atoms with van der Waals surface area (Å²) in [6.07, 6.45) is 6.62. The van der Waals surface area contributed by atoms with Crippen molar-refractivity contribution in [3.63, 3.8) is 0 Å². The van der Waals surface area contributed by atoms with Crippen LogP contribution in [0, 0.1) is 6.92 Å². The minimum Gasteiger partial charge on any atom is -0.480 e. The highest BCUT2D eigenvalue weighted by atomic mass is 16.5. The highest BCUT2D eigenvalue weighted by Gasteiger charge is 2.39. The fraction of sp³-hybridized carbons (Fsp3) is 0.625. The molecule has 8 heteroatoms. The van der Waals surface area contributed by atoms with Crippen LogP contribution in [0.2, 0.25) is 0 Å². The molecule has 218 valence electrons. The van der Waals surface area contributed by atoms with Crippen molar-refractivity contribution < 1.29 is 24.1 Å². The Labute approximate surface area is 238 Å². The Morgan fingerprint density at radius 1 is 1.27 bits per heavy atom. The Bertz CT molecular complexity index is 1200. The van der Waals surface area contributed by atoms with E-state index in [0.717, 1.165) is 72.4 Å². The van der Waals surface area contributed by atoms with Crippen LogP contribution in [-0.2, 0) is 44.9 Å². The largest absolute Gasteiger partial charge is 0.480 e. The van der Waals surface area contributed by atoms with E-state index in [4.69, 9.17) is 19.2 Å². The molecule has 0 bridgehead atoms. The third-order valence-electron chi connectivity index (χ3n) is 8.85. The van der Waals surface area contributed by atoms with E-state index in [9.17, 15) is 9.90 Å². The summed E-state index contributed by atoms with van der Waals surface area (Å²) >= 11 is 0. The van der Waals surface area contributed by atoms with E-state index in [1.54, 1.807) is 7.11 Å². The Hall–Kier alpha value is -2.52. The first-order chi connectivity index (χ1) is 19.2. The maximum atomic E-state index is 12.7. The van der Waals surface area contributed by atoms with Crippen molar-refractivity contribution >= 4 is 11.8 Å². The average Bonchev–Trinajstić information content (AvgIpc) is 3.40. The Balaban J connectivity index is 1.17. The Morgan fingerprint density at radius 3 is 2.92 bits per heavy atom. The monoisotopic (exact) mass is 551 g/mol. The number of unbranched alkanes of at least 4 members (excludes halogenated alkanes) is 1. The number of carboxylic acids is 1. The lowest BCUT2D eigenvalue weighted by Gasteiger charge is -2.38. The van der Waals surface area contributed by atoms with Crippen LogP contribution < -0.4 is 5.32 Å². The summed E-state index contributed by atoms with van der Waals surface area (Å²) < 4.78 is 18.1. The zero-order valence-electron chi connectivity index (χ0n) is 24.5. The van der Waals surface area contributed by atoms with Crippen LogP contribution in [0.15, 0.2) is 24.3 Å². The number of nitrogens with one attached hydrogen (secondary N) is 1. The maximum absolute atomic E-state index is 12.7. The maximum Gasteiger partial charge on any atom is 0.325 e. The number of benzene rings is 1. The van der Waals surface area contributed by atoms with E-state index in [0.29, 0.717) is 32.7 Å². The summed E-state index contributed by atoms with van der Waals surface area (Å²) in [5.74, 6) is 0.244. The number of aromatic nitrogens is 1. The normalized spacial score (nSPS) is 21.9. The van der Waals surface area contributed by atoms with Gasteiger partial charge in [0, 0.05) is 45.5 Å². The molecule has 3 aliphatic heterocycles. The van der Waals surface area contributed by atoms with E-state index >= 15 is 0 Å². The van der Waals surface area contributed by atoms with Gasteiger partial charge in [0.15, 0.2) is 0 Å². The molecule has 8 nitrogen and oxygen atoms in total. The molecule has 1 unspecified atom stereocenters. The number of methoxy groups -OCH3 is 1. The predicted octanol–water partition coefficient (Wildman–Crippen LogP) is 4.85. The number of carbonyl (C=O) groups is 1. The zero-order chi connectivity index (χ0) is 28.3. The lowest BCUT2D eigenvalue weighted by molar-refractivity contribution is -0.143. The second-order valence-corrected chi connectivity index (χ2v) is 12.1. The van der Waals surface area contributed by atoms with E-state index in [-0.39, 0.29) is 12.2 Å². The van der Waals surface area contributed by atoms with Gasteiger partial charge in [-0.15, -0.1) is 0 Å². The van der Waals surface area contributed by atoms with E-state index in [1.165, 1.54) is 12.0 Å². The lowest BCUT2D eigenvalue weighted by Crippen LogP contribution is -2.44. The molecule has 2 aromatic rings. The van der Waals surface area contributed by atoms with Crippen molar-refractivity contribution in [2.75, 3.05) is 38.7 Å². The van der Waals surface area contributed by atoms with Crippen LogP contribution in [-0.4, -0.2) is 72.1 Å². The summed E-state index contributed by atoms with van der Waals surface area (Å²) in [6.45, 7) is 9.57. The van der Waals surface area contributed by atoms with Crippen molar-refractivity contribution in [1.29, 1.82) is 0 Å². The number of aryl methyl sites for hydroxylation is 3. The van der Waals surface area contributed by atoms with Gasteiger partial charge in [-0.2, -0.15) is 0 Å². The third kappa shape index (κ3) is 6.51. The van der Waals surface area contributed by atoms with Gasteiger partial charge >= 0.3 is 5.97 Å². The van der Waals surface area contributed by atoms with Crippen molar-refractivity contribution in [2.24, 2.45) is 0 Å². The van der Waals surface area contributed by atoms with Gasteiger partial charge in [-0.1, -0.05) is 23.8 Å². The SMILES string of the molecule is COC(C)(C)[C@@H]1Cc2c(cc(C)cc2C(C(=O)O)N2CC[C@@H](OCCCCc3ccc4c(n3)NCCC4)C2)CO1. The molecule has 0 aliphatic carbocycles. The highest BCUT2D eigenvalue weighted by molar-refractivity contribution is 5.76. The molecule has 1 fully saturated rings. The Morgan fingerprint density at radius 2 is 2.12 bits per heavy atom. The average molecular weight is 552 g/mol. The molecule has 0 spiro atoms. The van der Waals surface area contributed by atoms with Gasteiger partial charge in [-0.25, -0.2) is 4.98 Å². The topological polar surface area (TPSA) is 93.2 Å². The first-order valence-corrected chi connectivity index (χ1v) is 14.9. The number of fused-ring (bicyclic) bond motifs is 2. The van der Waals surface area contributed by atoms with Gasteiger partial charge in [-0.3, -0.25) is 9.69 Å². The lowest BCUT2D eigenvalue weighted by atomic mass is 9.84. The number of pyridine rings is 1. The summed E-state index contributed by atoms with van der Waals surface area (Å²) in [5.41, 5.74) is 6.11. The number of hydrogen-bond acceptors (Lipinski definition) is 7.